The molecule has 0 bridgehead atoms. The molecule has 17 heavy (non-hydrogen) atoms. The molecular formula is C13H15N3Se. The molecule has 0 unspecified atom stereocenters. The molecule has 0 amide bonds. The maximum absolute atomic E-state index is 4.34. The molecule has 1 heterocycles. The number of nitrogens with zero attached hydrogens (tertiary/aromatic N) is 2. The van der Waals surface area contributed by atoms with Crippen molar-refractivity contribution in [2.75, 3.05) is 6.54 Å². The second-order valence-electron chi connectivity index (χ2n) is 3.52. The third-order valence-electron chi connectivity index (χ3n) is 2.18. The number of aromatic amines is 1. The van der Waals surface area contributed by atoms with Crippen LogP contribution in [0.2, 0.25) is 5.32 Å². The molecular weight excluding hydrogens is 277 g/mol. The Balaban J connectivity index is 1.61. The van der Waals surface area contributed by atoms with Crippen LogP contribution in [0.3, 0.4) is 0 Å². The normalized spacial score (nSPS) is 11.1. The summed E-state index contributed by atoms with van der Waals surface area (Å²) in [6.07, 6.45) is 6.49. The van der Waals surface area contributed by atoms with Crippen molar-refractivity contribution in [2.24, 2.45) is 4.99 Å². The molecule has 1 aromatic heterocycles. The quantitative estimate of drug-likeness (QED) is 0.491. The molecule has 0 fully saturated rings. The Labute approximate surface area is 108 Å². The first-order valence-electron chi connectivity index (χ1n) is 5.62. The van der Waals surface area contributed by atoms with E-state index in [0.717, 1.165) is 18.8 Å². The van der Waals surface area contributed by atoms with E-state index in [1.807, 2.05) is 0 Å². The van der Waals surface area contributed by atoms with Gasteiger partial charge in [0.2, 0.25) is 0 Å². The van der Waals surface area contributed by atoms with E-state index in [1.54, 1.807) is 18.6 Å². The van der Waals surface area contributed by atoms with Crippen molar-refractivity contribution in [1.29, 1.82) is 0 Å². The van der Waals surface area contributed by atoms with E-state index in [-0.39, 0.29) is 0 Å². The molecule has 2 rings (SSSR count). The van der Waals surface area contributed by atoms with E-state index < -0.39 is 0 Å². The molecule has 0 aliphatic heterocycles. The average molecular weight is 292 g/mol. The Hall–Kier alpha value is -1.38. The van der Waals surface area contributed by atoms with E-state index in [9.17, 15) is 0 Å². The van der Waals surface area contributed by atoms with Crippen LogP contribution in [0.25, 0.3) is 0 Å². The van der Waals surface area contributed by atoms with E-state index in [4.69, 9.17) is 0 Å². The molecule has 1 N–H and O–H groups in total. The number of nitrogens with one attached hydrogen (secondary N) is 1. The van der Waals surface area contributed by atoms with Crippen LogP contribution in [0.5, 0.6) is 0 Å². The van der Waals surface area contributed by atoms with Gasteiger partial charge >= 0.3 is 107 Å². The first kappa shape index (κ1) is 12.1. The summed E-state index contributed by atoms with van der Waals surface area (Å²) < 4.78 is 1.47. The summed E-state index contributed by atoms with van der Waals surface area (Å²) in [6.45, 7) is 0.884. The van der Waals surface area contributed by atoms with Crippen molar-refractivity contribution in [3.8, 4) is 0 Å². The van der Waals surface area contributed by atoms with Gasteiger partial charge < -0.3 is 0 Å². The number of H-pyrrole nitrogens is 1. The Morgan fingerprint density at radius 1 is 1.29 bits per heavy atom. The van der Waals surface area contributed by atoms with Gasteiger partial charge in [-0.2, -0.15) is 0 Å². The fourth-order valence-corrected chi connectivity index (χ4v) is 3.16. The number of aromatic nitrogens is 2. The van der Waals surface area contributed by atoms with Gasteiger partial charge in [-0.3, -0.25) is 0 Å². The molecule has 88 valence electrons. The third kappa shape index (κ3) is 4.55. The summed E-state index contributed by atoms with van der Waals surface area (Å²) in [5, 5.41) is 1.24. The van der Waals surface area contributed by atoms with E-state index in [0.29, 0.717) is 15.0 Å². The Morgan fingerprint density at radius 2 is 2.18 bits per heavy atom. The summed E-state index contributed by atoms with van der Waals surface area (Å²) in [5.74, 6) is 0.832. The molecule has 0 aliphatic rings. The van der Waals surface area contributed by atoms with Gasteiger partial charge in [-0.15, -0.1) is 0 Å². The minimum atomic E-state index is 0.585. The first-order valence-corrected chi connectivity index (χ1v) is 7.69. The topological polar surface area (TPSA) is 41.0 Å². The molecule has 0 saturated heterocycles. The van der Waals surface area contributed by atoms with Crippen LogP contribution in [-0.2, 0) is 0 Å². The maximum atomic E-state index is 4.34. The van der Waals surface area contributed by atoms with Crippen LogP contribution >= 0.6 is 0 Å². The number of hydrogen-bond acceptors (Lipinski definition) is 2. The summed E-state index contributed by atoms with van der Waals surface area (Å²) >= 11 is 0.585. The zero-order valence-electron chi connectivity index (χ0n) is 9.54. The van der Waals surface area contributed by atoms with Crippen LogP contribution in [0, 0.1) is 0 Å². The summed E-state index contributed by atoms with van der Waals surface area (Å²) in [7, 11) is 0. The standard InChI is InChI=1S/C13H15N3Se/c1-2-5-12(6-3-1)17-10-4-7-14-11-13-15-8-9-16-13/h1-3,5-6,8-9,11H,4,7,10H2,(H,15,16). The monoisotopic (exact) mass is 293 g/mol. The molecule has 0 radical (unpaired) electrons. The number of imidazole rings is 1. The number of aliphatic imine (C=N–C) groups is 1. The van der Waals surface area contributed by atoms with Crippen molar-refractivity contribution in [3.63, 3.8) is 0 Å². The zero-order chi connectivity index (χ0) is 11.8. The SMILES string of the molecule is C(=NCCC[Se]c1ccccc1)c1ncc[nH]1. The Kier molecular flexibility index (Phi) is 5.01. The molecule has 0 aliphatic carbocycles. The van der Waals surface area contributed by atoms with Gasteiger partial charge in [-0.1, -0.05) is 0 Å². The van der Waals surface area contributed by atoms with E-state index in [1.165, 1.54) is 9.78 Å². The van der Waals surface area contributed by atoms with Crippen LogP contribution in [-0.4, -0.2) is 37.7 Å². The van der Waals surface area contributed by atoms with Crippen molar-refractivity contribution in [2.45, 2.75) is 11.7 Å². The predicted octanol–water partition coefficient (Wildman–Crippen LogP) is 1.67. The van der Waals surface area contributed by atoms with Crippen molar-refractivity contribution < 1.29 is 0 Å². The Morgan fingerprint density at radius 3 is 2.94 bits per heavy atom. The van der Waals surface area contributed by atoms with Gasteiger partial charge in [-0.05, 0) is 0 Å². The van der Waals surface area contributed by atoms with Gasteiger partial charge in [0.15, 0.2) is 0 Å². The molecule has 0 spiro atoms. The van der Waals surface area contributed by atoms with Gasteiger partial charge in [-0.25, -0.2) is 0 Å². The van der Waals surface area contributed by atoms with E-state index in [2.05, 4.69) is 45.3 Å². The molecule has 0 saturated carbocycles. The molecule has 0 atom stereocenters. The van der Waals surface area contributed by atoms with Gasteiger partial charge in [0.05, 0.1) is 0 Å². The molecule has 4 heteroatoms. The second-order valence-corrected chi connectivity index (χ2v) is 5.98. The zero-order valence-corrected chi connectivity index (χ0v) is 11.3. The second kappa shape index (κ2) is 7.04. The summed E-state index contributed by atoms with van der Waals surface area (Å²) in [5.41, 5.74) is 0. The third-order valence-corrected chi connectivity index (χ3v) is 4.48. The predicted molar refractivity (Wildman–Crippen MR) is 72.3 cm³/mol. The van der Waals surface area contributed by atoms with Crippen molar-refractivity contribution in [3.05, 3.63) is 48.5 Å². The van der Waals surface area contributed by atoms with Gasteiger partial charge in [0.1, 0.15) is 0 Å². The summed E-state index contributed by atoms with van der Waals surface area (Å²) in [4.78, 5) is 11.4. The molecule has 1 aromatic carbocycles. The van der Waals surface area contributed by atoms with Gasteiger partial charge in [0, 0.05) is 0 Å². The number of rotatable bonds is 6. The van der Waals surface area contributed by atoms with Crippen LogP contribution < -0.4 is 4.46 Å². The Bertz CT molecular complexity index is 437. The number of hydrogen-bond donors (Lipinski definition) is 1. The van der Waals surface area contributed by atoms with Crippen LogP contribution in [0.15, 0.2) is 47.7 Å². The van der Waals surface area contributed by atoms with Gasteiger partial charge in [0.25, 0.3) is 0 Å². The van der Waals surface area contributed by atoms with Crippen LogP contribution in [0.4, 0.5) is 0 Å². The minimum absolute atomic E-state index is 0.585. The van der Waals surface area contributed by atoms with Crippen molar-refractivity contribution in [1.82, 2.24) is 9.97 Å². The van der Waals surface area contributed by atoms with Crippen LogP contribution in [0.1, 0.15) is 12.2 Å². The van der Waals surface area contributed by atoms with Crippen molar-refractivity contribution >= 4 is 25.6 Å². The van der Waals surface area contributed by atoms with E-state index >= 15 is 0 Å². The fourth-order valence-electron chi connectivity index (χ4n) is 1.36. The number of benzene rings is 1. The summed E-state index contributed by atoms with van der Waals surface area (Å²) in [6, 6.07) is 10.7. The molecule has 2 aromatic rings. The first-order chi connectivity index (χ1) is 8.45. The average Bonchev–Trinajstić information content (AvgIpc) is 2.88. The fraction of sp³-hybridized carbons (Fsp3) is 0.231. The molecule has 3 nitrogen and oxygen atoms in total.